The van der Waals surface area contributed by atoms with Gasteiger partial charge in [-0.25, -0.2) is 4.79 Å². The van der Waals surface area contributed by atoms with Crippen molar-refractivity contribution in [2.45, 2.75) is 296 Å². The molecule has 5 rings (SSSR count). The molecule has 0 amide bonds. The van der Waals surface area contributed by atoms with E-state index in [0.717, 1.165) is 89.9 Å². The third-order valence-corrected chi connectivity index (χ3v) is 20.0. The molecule has 0 aromatic heterocycles. The summed E-state index contributed by atoms with van der Waals surface area (Å²) in [5.74, 6) is -8.01. The Balaban J connectivity index is 1.19. The molecule has 3 N–H and O–H groups in total. The van der Waals surface area contributed by atoms with Gasteiger partial charge in [-0.05, 0) is 114 Å². The van der Waals surface area contributed by atoms with Crippen LogP contribution in [-0.2, 0) is 66.7 Å². The smallest absolute Gasteiger partial charge is 0.348 e. The number of carbonyl (C=O) groups excluding carboxylic acids is 7. The van der Waals surface area contributed by atoms with E-state index in [9.17, 15) is 48.9 Å². The van der Waals surface area contributed by atoms with Gasteiger partial charge in [-0.2, -0.15) is 0 Å². The number of aliphatic hydroxyl groups excluding tert-OH is 2. The lowest BCUT2D eigenvalue weighted by molar-refractivity contribution is -0.338. The zero-order chi connectivity index (χ0) is 68.0. The van der Waals surface area contributed by atoms with Gasteiger partial charge in [-0.15, -0.1) is 0 Å². The number of ether oxygens (including phenoxy) is 7. The minimum Gasteiger partial charge on any atom is -0.462 e. The highest BCUT2D eigenvalue weighted by Gasteiger charge is 2.76. The molecule has 1 aromatic carbocycles. The number of benzene rings is 1. The molecule has 2 bridgehead atoms. The van der Waals surface area contributed by atoms with E-state index < -0.39 is 137 Å². The fourth-order valence-corrected chi connectivity index (χ4v) is 14.4. The predicted octanol–water partition coefficient (Wildman–Crippen LogP) is 14.2. The van der Waals surface area contributed by atoms with Gasteiger partial charge in [0.05, 0.1) is 36.6 Å². The second-order valence-electron chi connectivity index (χ2n) is 27.2. The van der Waals surface area contributed by atoms with Crippen molar-refractivity contribution in [3.05, 3.63) is 95.6 Å². The zero-order valence-corrected chi connectivity index (χ0v) is 57.7. The maximum absolute atomic E-state index is 14.9. The molecule has 93 heavy (non-hydrogen) atoms. The van der Waals surface area contributed by atoms with E-state index in [-0.39, 0.29) is 50.0 Å². The predicted molar refractivity (Wildman–Crippen MR) is 357 cm³/mol. The number of carbonyl (C=O) groups is 7. The van der Waals surface area contributed by atoms with Gasteiger partial charge in [-0.1, -0.05) is 185 Å². The van der Waals surface area contributed by atoms with E-state index in [0.29, 0.717) is 18.4 Å². The van der Waals surface area contributed by atoms with Gasteiger partial charge in [-0.3, -0.25) is 28.8 Å². The SMILES string of the molecule is CCCCC/C=C\C/C=C\CCCCCCCC(=O)OCC(COC(=O)CCC(=O)O[C@@H](C(=O)O[C@H]1C[C@@]2(O)[C@@H](C)[C@@H]3[C@]4(OC(C)=O)CO[C@@H]4C[C@H](O)[C@@]3(C)C(=O)[C@H](O)C(=C1C)C2(C)C)[C@@H](C)c1ccccc1)OC(=O)CCCCCCC/C=C\C/C=C\CCCCC. The van der Waals surface area contributed by atoms with Crippen molar-refractivity contribution in [1.82, 2.24) is 0 Å². The van der Waals surface area contributed by atoms with E-state index in [4.69, 9.17) is 33.2 Å². The quantitative estimate of drug-likeness (QED) is 0.0238. The molecule has 3 aliphatic carbocycles. The number of ketones is 1. The van der Waals surface area contributed by atoms with Crippen molar-refractivity contribution in [1.29, 1.82) is 0 Å². The first-order valence-electron chi connectivity index (χ1n) is 35.2. The van der Waals surface area contributed by atoms with Crippen molar-refractivity contribution >= 4 is 41.6 Å². The van der Waals surface area contributed by atoms with E-state index in [1.165, 1.54) is 52.4 Å². The van der Waals surface area contributed by atoms with Crippen LogP contribution in [0.4, 0.5) is 0 Å². The van der Waals surface area contributed by atoms with Crippen LogP contribution in [0.25, 0.3) is 0 Å². The van der Waals surface area contributed by atoms with Crippen molar-refractivity contribution < 1.29 is 82.0 Å². The fraction of sp³-hybridized carbons (Fsp3) is 0.697. The van der Waals surface area contributed by atoms with Crippen LogP contribution >= 0.6 is 0 Å². The maximum atomic E-state index is 14.9. The number of esters is 6. The Morgan fingerprint density at radius 3 is 1.66 bits per heavy atom. The largest absolute Gasteiger partial charge is 0.462 e. The summed E-state index contributed by atoms with van der Waals surface area (Å²) in [4.78, 5) is 95.8. The Morgan fingerprint density at radius 1 is 0.656 bits per heavy atom. The Morgan fingerprint density at radius 2 is 1.14 bits per heavy atom. The van der Waals surface area contributed by atoms with Crippen LogP contribution < -0.4 is 0 Å². The lowest BCUT2D eigenvalue weighted by Crippen LogP contribution is -2.79. The molecule has 4 aliphatic rings. The number of allylic oxidation sites excluding steroid dienone is 8. The normalized spacial score (nSPS) is 26.0. The molecule has 3 fully saturated rings. The second kappa shape index (κ2) is 39.3. The summed E-state index contributed by atoms with van der Waals surface area (Å²) < 4.78 is 40.9. The summed E-state index contributed by atoms with van der Waals surface area (Å²) in [6.07, 6.45) is 31.5. The van der Waals surface area contributed by atoms with E-state index in [1.807, 2.05) is 0 Å². The average Bonchev–Trinajstić information content (AvgIpc) is 0.675. The Hall–Kier alpha value is -5.75. The third kappa shape index (κ3) is 22.2. The molecule has 520 valence electrons. The first-order chi connectivity index (χ1) is 44.5. The van der Waals surface area contributed by atoms with Crippen LogP contribution in [0.15, 0.2) is 90.1 Å². The van der Waals surface area contributed by atoms with Crippen molar-refractivity contribution in [3.63, 3.8) is 0 Å². The molecule has 12 atom stereocenters. The third-order valence-electron chi connectivity index (χ3n) is 20.0. The standard InChI is InChI=1S/C76H114O17/c1-10-12-14-16-18-20-22-24-26-28-30-32-34-36-41-45-63(79)87-51-59(90-65(81)46-42-37-35-33-31-29-27-25-23-21-19-17-15-13-11-2)52-88-64(80)47-48-66(82)92-69(54(3)58-43-39-38-40-44-58)72(85)91-60-50-76(86)56(5)70-74(9,71(84)68(83)67(55(60)4)73(76,7)8)61(78)49-62-75(70,53-89-62)93-57(6)77/h18-21,24-27,38-40,43-44,54,56,59-62,68-70,78,83,86H,10-17,22-23,28-37,41-42,45-53H2,1-9H3/b20-18-,21-19-,26-24-,27-25-/t54-,56-,59?,60-,61-,62+,68+,69+,70-,74+,75-,76+/m0/s1. The number of rotatable bonds is 42. The first-order valence-corrected chi connectivity index (χ1v) is 35.2. The van der Waals surface area contributed by atoms with Gasteiger partial charge >= 0.3 is 35.8 Å². The Bertz CT molecular complexity index is 2690. The van der Waals surface area contributed by atoms with Gasteiger partial charge in [0, 0.05) is 49.9 Å². The molecule has 0 spiro atoms. The summed E-state index contributed by atoms with van der Waals surface area (Å²) in [5.41, 5.74) is -5.41. The number of unbranched alkanes of at least 4 members (excludes halogenated alkanes) is 16. The van der Waals surface area contributed by atoms with E-state index in [1.54, 1.807) is 65.0 Å². The minimum absolute atomic E-state index is 0.0577. The molecule has 1 saturated heterocycles. The van der Waals surface area contributed by atoms with Crippen LogP contribution in [0, 0.1) is 22.7 Å². The zero-order valence-electron chi connectivity index (χ0n) is 57.7. The summed E-state index contributed by atoms with van der Waals surface area (Å²) >= 11 is 0. The Kier molecular flexibility index (Phi) is 33.0. The molecule has 2 saturated carbocycles. The summed E-state index contributed by atoms with van der Waals surface area (Å²) in [5, 5.41) is 37.4. The van der Waals surface area contributed by atoms with Crippen molar-refractivity contribution in [3.8, 4) is 0 Å². The highest BCUT2D eigenvalue weighted by atomic mass is 16.6. The molecular formula is C76H114O17. The minimum atomic E-state index is -1.90. The molecule has 1 heterocycles. The lowest BCUT2D eigenvalue weighted by atomic mass is 9.42. The highest BCUT2D eigenvalue weighted by molar-refractivity contribution is 5.93. The average molecular weight is 1300 g/mol. The monoisotopic (exact) mass is 1300 g/mol. The van der Waals surface area contributed by atoms with Crippen LogP contribution in [0.3, 0.4) is 0 Å². The number of hydrogen-bond donors (Lipinski definition) is 3. The first kappa shape index (κ1) is 78.0. The van der Waals surface area contributed by atoms with Crippen molar-refractivity contribution in [2.24, 2.45) is 22.7 Å². The van der Waals surface area contributed by atoms with Gasteiger partial charge < -0.3 is 48.5 Å². The maximum Gasteiger partial charge on any atom is 0.348 e. The van der Waals surface area contributed by atoms with Crippen LogP contribution in [0.2, 0.25) is 0 Å². The fourth-order valence-electron chi connectivity index (χ4n) is 14.4. The Labute approximate surface area is 555 Å². The second-order valence-corrected chi connectivity index (χ2v) is 27.2. The number of hydrogen-bond acceptors (Lipinski definition) is 17. The van der Waals surface area contributed by atoms with Crippen LogP contribution in [-0.4, -0.2) is 125 Å². The van der Waals surface area contributed by atoms with Gasteiger partial charge in [0.15, 0.2) is 17.5 Å². The topological polar surface area (TPSA) is 245 Å². The molecule has 17 heteroatoms. The van der Waals surface area contributed by atoms with E-state index >= 15 is 0 Å². The van der Waals surface area contributed by atoms with Gasteiger partial charge in [0.25, 0.3) is 0 Å². The van der Waals surface area contributed by atoms with E-state index in [2.05, 4.69) is 62.5 Å². The lowest BCUT2D eigenvalue weighted by Gasteiger charge is -2.68. The number of Topliss-reactive ketones (excluding diaryl/α,β-unsaturated/α-hetero) is 1. The molecular weight excluding hydrogens is 1180 g/mol. The van der Waals surface area contributed by atoms with Crippen molar-refractivity contribution in [2.75, 3.05) is 19.8 Å². The van der Waals surface area contributed by atoms with Gasteiger partial charge in [0.2, 0.25) is 6.10 Å². The molecule has 1 unspecified atom stereocenters. The molecule has 1 aliphatic heterocycles. The van der Waals surface area contributed by atoms with Crippen LogP contribution in [0.5, 0.6) is 0 Å². The molecule has 1 aromatic rings. The highest BCUT2D eigenvalue weighted by Crippen LogP contribution is 2.65. The molecule has 17 nitrogen and oxygen atoms in total. The summed E-state index contributed by atoms with van der Waals surface area (Å²) in [7, 11) is 0. The number of aliphatic hydroxyl groups is 3. The summed E-state index contributed by atoms with van der Waals surface area (Å²) in [6.45, 7) is 14.7. The molecule has 0 radical (unpaired) electrons. The summed E-state index contributed by atoms with van der Waals surface area (Å²) in [6, 6.07) is 8.79. The number of fused-ring (bicyclic) bond motifs is 5. The van der Waals surface area contributed by atoms with Crippen LogP contribution in [0.1, 0.15) is 254 Å². The van der Waals surface area contributed by atoms with Gasteiger partial charge in [0.1, 0.15) is 31.5 Å².